The van der Waals surface area contributed by atoms with Crippen molar-refractivity contribution in [3.05, 3.63) is 50.1 Å². The molecular formula is C21H34N2O8S. The zero-order valence-electron chi connectivity index (χ0n) is 19.1. The Morgan fingerprint density at radius 3 is 1.88 bits per heavy atom. The summed E-state index contributed by atoms with van der Waals surface area (Å²) in [4.78, 5) is 30.8. The average molecular weight is 475 g/mol. The highest BCUT2D eigenvalue weighted by Gasteiger charge is 2.25. The van der Waals surface area contributed by atoms with Crippen LogP contribution in [0.25, 0.3) is 0 Å². The maximum atomic E-state index is 10.8. The fourth-order valence-corrected chi connectivity index (χ4v) is 2.24. The van der Waals surface area contributed by atoms with Crippen molar-refractivity contribution < 1.29 is 37.2 Å². The number of nitriles is 1. The van der Waals surface area contributed by atoms with Crippen molar-refractivity contribution in [1.82, 2.24) is 5.32 Å². The molecule has 32 heavy (non-hydrogen) atoms. The van der Waals surface area contributed by atoms with E-state index in [0.717, 1.165) is 18.9 Å². The molecule has 0 fully saturated rings. The smallest absolute Gasteiger partial charge is 0.330 e. The predicted octanol–water partition coefficient (Wildman–Crippen LogP) is 2.81. The van der Waals surface area contributed by atoms with Gasteiger partial charge in [0.05, 0.1) is 24.0 Å². The molecule has 182 valence electrons. The Morgan fingerprint density at radius 2 is 1.62 bits per heavy atom. The van der Waals surface area contributed by atoms with Crippen LogP contribution in [0, 0.1) is 11.3 Å². The molecular weight excluding hydrogens is 440 g/mol. The third-order valence-corrected chi connectivity index (χ3v) is 3.64. The molecule has 0 radical (unpaired) electrons. The molecule has 0 aromatic heterocycles. The topological polar surface area (TPSA) is 171 Å². The zero-order chi connectivity index (χ0) is 26.4. The van der Waals surface area contributed by atoms with Crippen LogP contribution in [-0.4, -0.2) is 53.8 Å². The van der Waals surface area contributed by atoms with Gasteiger partial charge in [-0.3, -0.25) is 9.35 Å². The van der Waals surface area contributed by atoms with E-state index in [0.29, 0.717) is 6.61 Å². The van der Waals surface area contributed by atoms with Gasteiger partial charge in [0.15, 0.2) is 0 Å². The van der Waals surface area contributed by atoms with Gasteiger partial charge in [-0.2, -0.15) is 13.7 Å². The van der Waals surface area contributed by atoms with Gasteiger partial charge in [-0.05, 0) is 33.3 Å². The summed E-state index contributed by atoms with van der Waals surface area (Å²) in [5, 5.41) is 17.8. The third kappa shape index (κ3) is 37.5. The molecule has 0 aliphatic carbocycles. The molecule has 0 unspecified atom stereocenters. The molecule has 10 nitrogen and oxygen atoms in total. The first-order chi connectivity index (χ1) is 14.5. The normalized spacial score (nSPS) is 9.25. The lowest BCUT2D eigenvalue weighted by Crippen LogP contribution is -2.47. The van der Waals surface area contributed by atoms with E-state index in [-0.39, 0.29) is 11.5 Å². The summed E-state index contributed by atoms with van der Waals surface area (Å²) in [5.41, 5.74) is -0.825. The van der Waals surface area contributed by atoms with E-state index in [1.54, 1.807) is 6.07 Å². The number of aliphatic carboxylic acids is 1. The van der Waals surface area contributed by atoms with Crippen molar-refractivity contribution in [3.63, 3.8) is 0 Å². The molecule has 0 rings (SSSR count). The maximum Gasteiger partial charge on any atom is 0.330 e. The van der Waals surface area contributed by atoms with Crippen molar-refractivity contribution in [2.75, 3.05) is 12.4 Å². The number of esters is 1. The summed E-state index contributed by atoms with van der Waals surface area (Å²) in [6.45, 7) is 19.7. The van der Waals surface area contributed by atoms with Crippen LogP contribution in [-0.2, 0) is 29.2 Å². The van der Waals surface area contributed by atoms with Crippen molar-refractivity contribution in [2.24, 2.45) is 0 Å². The van der Waals surface area contributed by atoms with Gasteiger partial charge in [0.2, 0.25) is 5.91 Å². The number of carboxylic acids is 1. The first-order valence-electron chi connectivity index (χ1n) is 9.11. The number of allylic oxidation sites excluding steroid dienone is 1. The Morgan fingerprint density at radius 1 is 1.19 bits per heavy atom. The van der Waals surface area contributed by atoms with E-state index in [2.05, 4.69) is 36.4 Å². The molecule has 0 spiro atoms. The number of nitrogens with one attached hydrogen (secondary N) is 1. The van der Waals surface area contributed by atoms with Gasteiger partial charge >= 0.3 is 11.9 Å². The average Bonchev–Trinajstić information content (AvgIpc) is 2.66. The number of rotatable bonds is 9. The van der Waals surface area contributed by atoms with E-state index in [9.17, 15) is 22.8 Å². The second kappa shape index (κ2) is 21.0. The summed E-state index contributed by atoms with van der Waals surface area (Å²) in [5.74, 6) is -2.27. The minimum absolute atomic E-state index is 0.176. The number of ether oxygens (including phenoxy) is 1. The second-order valence-corrected chi connectivity index (χ2v) is 7.90. The van der Waals surface area contributed by atoms with E-state index < -0.39 is 33.3 Å². The number of carboxylic acid groups (broad SMARTS) is 1. The standard InChI is InChI=1S/C7H13NO4S.C7H12O2.C4H6O2.C3H3N/c1-4-6(9)8-7(2,3)5-13(10,11)12;1-3-5-6-9-7(8)4-2;1-3(2)4(5)6;1-2-3-4/h4H,1,5H2,2-3H3,(H,8,9)(H,10,11,12);4H,2-3,5-6H2,1H3;1H2,2H3,(H,5,6);2H,1H2. The number of nitrogens with zero attached hydrogens (tertiary/aromatic N) is 1. The SMILES string of the molecule is C=C(C)C(=O)O.C=CC#N.C=CC(=O)NC(C)(C)CS(=O)(=O)O.C=CC(=O)OCCCC. The van der Waals surface area contributed by atoms with Crippen LogP contribution in [0.4, 0.5) is 0 Å². The third-order valence-electron chi connectivity index (χ3n) is 2.56. The monoisotopic (exact) mass is 474 g/mol. The fourth-order valence-electron chi connectivity index (χ4n) is 1.25. The van der Waals surface area contributed by atoms with Crippen LogP contribution in [0.5, 0.6) is 0 Å². The number of carbonyl (C=O) groups is 3. The van der Waals surface area contributed by atoms with Gasteiger partial charge in [0.1, 0.15) is 0 Å². The van der Waals surface area contributed by atoms with E-state index in [1.807, 2.05) is 6.92 Å². The maximum absolute atomic E-state index is 10.8. The fraction of sp³-hybridized carbons (Fsp3) is 0.429. The van der Waals surface area contributed by atoms with Crippen molar-refractivity contribution >= 4 is 28.0 Å². The minimum atomic E-state index is -4.08. The number of unbranched alkanes of at least 4 members (excludes halogenated alkanes) is 1. The predicted molar refractivity (Wildman–Crippen MR) is 123 cm³/mol. The molecule has 3 N–H and O–H groups in total. The summed E-state index contributed by atoms with van der Waals surface area (Å²) in [7, 11) is -4.08. The van der Waals surface area contributed by atoms with Crippen LogP contribution in [0.15, 0.2) is 50.1 Å². The van der Waals surface area contributed by atoms with Crippen LogP contribution >= 0.6 is 0 Å². The number of carbonyl (C=O) groups excluding carboxylic acids is 2. The Hall–Kier alpha value is -3.23. The Kier molecular flexibility index (Phi) is 23.8. The van der Waals surface area contributed by atoms with Crippen LogP contribution < -0.4 is 5.32 Å². The zero-order valence-corrected chi connectivity index (χ0v) is 19.9. The Balaban J connectivity index is -0.000000179. The molecule has 11 heteroatoms. The van der Waals surface area contributed by atoms with Crippen molar-refractivity contribution in [3.8, 4) is 6.07 Å². The second-order valence-electron chi connectivity index (χ2n) is 6.45. The van der Waals surface area contributed by atoms with Gasteiger partial charge in [-0.25, -0.2) is 9.59 Å². The highest BCUT2D eigenvalue weighted by Crippen LogP contribution is 2.05. The highest BCUT2D eigenvalue weighted by atomic mass is 32.2. The summed E-state index contributed by atoms with van der Waals surface area (Å²) >= 11 is 0. The molecule has 0 aliphatic rings. The molecule has 0 saturated carbocycles. The highest BCUT2D eigenvalue weighted by molar-refractivity contribution is 7.85. The lowest BCUT2D eigenvalue weighted by Gasteiger charge is -2.23. The number of hydrogen-bond donors (Lipinski definition) is 3. The summed E-state index contributed by atoms with van der Waals surface area (Å²) < 4.78 is 34.2. The molecule has 0 atom stereocenters. The van der Waals surface area contributed by atoms with E-state index in [1.165, 1.54) is 32.9 Å². The lowest BCUT2D eigenvalue weighted by atomic mass is 10.1. The first kappa shape index (κ1) is 36.2. The van der Waals surface area contributed by atoms with Crippen LogP contribution in [0.2, 0.25) is 0 Å². The largest absolute Gasteiger partial charge is 0.478 e. The molecule has 0 bridgehead atoms. The first-order valence-corrected chi connectivity index (χ1v) is 10.7. The molecule has 0 aliphatic heterocycles. The number of amides is 1. The summed E-state index contributed by atoms with van der Waals surface area (Å²) in [6.07, 6.45) is 5.37. The quantitative estimate of drug-likeness (QED) is 0.149. The summed E-state index contributed by atoms with van der Waals surface area (Å²) in [6, 6.07) is 1.69. The molecule has 0 heterocycles. The van der Waals surface area contributed by atoms with Crippen molar-refractivity contribution in [2.45, 2.75) is 46.1 Å². The Bertz CT molecular complexity index is 766. The molecule has 0 saturated heterocycles. The lowest BCUT2D eigenvalue weighted by molar-refractivity contribution is -0.138. The molecule has 1 amide bonds. The number of hydrogen-bond acceptors (Lipinski definition) is 7. The van der Waals surface area contributed by atoms with Gasteiger partial charge in [0.25, 0.3) is 10.1 Å². The van der Waals surface area contributed by atoms with Crippen molar-refractivity contribution in [1.29, 1.82) is 5.26 Å². The minimum Gasteiger partial charge on any atom is -0.478 e. The Labute approximate surface area is 190 Å². The van der Waals surface area contributed by atoms with Crippen LogP contribution in [0.3, 0.4) is 0 Å². The van der Waals surface area contributed by atoms with Gasteiger partial charge in [0, 0.05) is 17.7 Å². The van der Waals surface area contributed by atoms with Gasteiger partial charge in [-0.1, -0.05) is 39.7 Å². The molecule has 0 aromatic carbocycles. The van der Waals surface area contributed by atoms with Crippen LogP contribution in [0.1, 0.15) is 40.5 Å². The van der Waals surface area contributed by atoms with Gasteiger partial charge < -0.3 is 15.2 Å². The molecule has 0 aromatic rings. The van der Waals surface area contributed by atoms with E-state index in [4.69, 9.17) is 14.9 Å². The van der Waals surface area contributed by atoms with Gasteiger partial charge in [-0.15, -0.1) is 0 Å². The van der Waals surface area contributed by atoms with E-state index >= 15 is 0 Å².